The van der Waals surface area contributed by atoms with Crippen molar-refractivity contribution in [2.24, 2.45) is 0 Å². The fourth-order valence-corrected chi connectivity index (χ4v) is 3.98. The van der Waals surface area contributed by atoms with Crippen molar-refractivity contribution in [1.82, 2.24) is 0 Å². The number of carbonyl (C=O) groups is 1. The highest BCUT2D eigenvalue weighted by Crippen LogP contribution is 2.26. The Morgan fingerprint density at radius 1 is 0.862 bits per heavy atom. The van der Waals surface area contributed by atoms with Crippen LogP contribution in [-0.4, -0.2) is 14.3 Å². The summed E-state index contributed by atoms with van der Waals surface area (Å²) in [6.45, 7) is 0. The van der Waals surface area contributed by atoms with Crippen LogP contribution in [0.3, 0.4) is 0 Å². The predicted octanol–water partition coefficient (Wildman–Crippen LogP) is 5.32. The fourth-order valence-electron chi connectivity index (χ4n) is 2.38. The van der Waals surface area contributed by atoms with Crippen LogP contribution in [0.2, 0.25) is 10.0 Å². The van der Waals surface area contributed by atoms with E-state index in [0.29, 0.717) is 12.1 Å². The number of anilines is 2. The van der Waals surface area contributed by atoms with Gasteiger partial charge in [-0.15, -0.1) is 0 Å². The first kappa shape index (κ1) is 21.0. The summed E-state index contributed by atoms with van der Waals surface area (Å²) in [6.07, 6.45) is 0. The maximum Gasteiger partial charge on any atom is 0.262 e. The van der Waals surface area contributed by atoms with Gasteiger partial charge in [0.15, 0.2) is 11.6 Å². The van der Waals surface area contributed by atoms with Crippen LogP contribution >= 0.6 is 23.2 Å². The van der Waals surface area contributed by atoms with Gasteiger partial charge in [0.25, 0.3) is 15.9 Å². The summed E-state index contributed by atoms with van der Waals surface area (Å²) >= 11 is 11.8. The number of hydrogen-bond donors (Lipinski definition) is 2. The number of halogens is 4. The summed E-state index contributed by atoms with van der Waals surface area (Å²) in [4.78, 5) is 12.2. The number of para-hydroxylation sites is 1. The molecule has 0 unspecified atom stereocenters. The van der Waals surface area contributed by atoms with Gasteiger partial charge in [-0.25, -0.2) is 17.2 Å². The lowest BCUT2D eigenvalue weighted by Crippen LogP contribution is -2.16. The SMILES string of the molecule is O=C(Nc1cccc(S(=O)(=O)Nc2ccccc2Cl)c1)c1cc(F)c(F)cc1Cl. The van der Waals surface area contributed by atoms with Gasteiger partial charge in [-0.05, 0) is 42.5 Å². The van der Waals surface area contributed by atoms with Crippen LogP contribution in [0, 0.1) is 11.6 Å². The highest BCUT2D eigenvalue weighted by molar-refractivity contribution is 7.92. The van der Waals surface area contributed by atoms with Crippen molar-refractivity contribution in [3.63, 3.8) is 0 Å². The van der Waals surface area contributed by atoms with E-state index in [0.717, 1.165) is 0 Å². The van der Waals surface area contributed by atoms with E-state index in [9.17, 15) is 22.0 Å². The first-order valence-corrected chi connectivity index (χ1v) is 10.2. The molecule has 29 heavy (non-hydrogen) atoms. The van der Waals surface area contributed by atoms with Gasteiger partial charge in [0.05, 0.1) is 26.2 Å². The highest BCUT2D eigenvalue weighted by Gasteiger charge is 2.18. The molecule has 0 aliphatic heterocycles. The maximum atomic E-state index is 13.4. The second kappa shape index (κ2) is 8.36. The minimum absolute atomic E-state index is 0.109. The minimum atomic E-state index is -4.00. The third-order valence-corrected chi connectivity index (χ3v) is 5.78. The molecule has 0 atom stereocenters. The molecule has 3 aromatic carbocycles. The summed E-state index contributed by atoms with van der Waals surface area (Å²) in [5.74, 6) is -3.26. The molecule has 0 saturated carbocycles. The van der Waals surface area contributed by atoms with Crippen molar-refractivity contribution < 1.29 is 22.0 Å². The van der Waals surface area contributed by atoms with E-state index in [4.69, 9.17) is 23.2 Å². The van der Waals surface area contributed by atoms with E-state index in [1.165, 1.54) is 36.4 Å². The zero-order valence-electron chi connectivity index (χ0n) is 14.4. The van der Waals surface area contributed by atoms with E-state index in [-0.39, 0.29) is 31.9 Å². The Morgan fingerprint density at radius 2 is 1.55 bits per heavy atom. The maximum absolute atomic E-state index is 13.4. The summed E-state index contributed by atoms with van der Waals surface area (Å²) in [6, 6.07) is 13.0. The topological polar surface area (TPSA) is 75.3 Å². The Balaban J connectivity index is 1.85. The summed E-state index contributed by atoms with van der Waals surface area (Å²) in [5, 5.41) is 2.33. The first-order valence-electron chi connectivity index (χ1n) is 8.01. The molecule has 1 amide bonds. The quantitative estimate of drug-likeness (QED) is 0.509. The van der Waals surface area contributed by atoms with Gasteiger partial charge in [-0.3, -0.25) is 9.52 Å². The molecule has 0 aliphatic rings. The second-order valence-electron chi connectivity index (χ2n) is 5.81. The number of carbonyl (C=O) groups excluding carboxylic acids is 1. The molecule has 3 aromatic rings. The van der Waals surface area contributed by atoms with Gasteiger partial charge in [0, 0.05) is 5.69 Å². The van der Waals surface area contributed by atoms with Crippen molar-refractivity contribution in [3.05, 3.63) is 87.9 Å². The Bertz CT molecular complexity index is 1200. The lowest BCUT2D eigenvalue weighted by Gasteiger charge is -2.11. The molecule has 0 aliphatic carbocycles. The van der Waals surface area contributed by atoms with Crippen LogP contribution in [0.5, 0.6) is 0 Å². The molecule has 0 aromatic heterocycles. The van der Waals surface area contributed by atoms with Crippen LogP contribution in [0.25, 0.3) is 0 Å². The van der Waals surface area contributed by atoms with E-state index >= 15 is 0 Å². The van der Waals surface area contributed by atoms with Crippen molar-refractivity contribution >= 4 is 50.5 Å². The highest BCUT2D eigenvalue weighted by atomic mass is 35.5. The van der Waals surface area contributed by atoms with E-state index in [1.807, 2.05) is 0 Å². The molecule has 0 spiro atoms. The van der Waals surface area contributed by atoms with E-state index < -0.39 is 27.6 Å². The summed E-state index contributed by atoms with van der Waals surface area (Å²) in [5.41, 5.74) is 0.00280. The largest absolute Gasteiger partial charge is 0.322 e. The van der Waals surface area contributed by atoms with Crippen molar-refractivity contribution in [1.29, 1.82) is 0 Å². The zero-order chi connectivity index (χ0) is 21.2. The third-order valence-electron chi connectivity index (χ3n) is 3.77. The van der Waals surface area contributed by atoms with Crippen LogP contribution in [-0.2, 0) is 10.0 Å². The fraction of sp³-hybridized carbons (Fsp3) is 0. The van der Waals surface area contributed by atoms with Crippen molar-refractivity contribution in [2.45, 2.75) is 4.90 Å². The molecule has 0 heterocycles. The lowest BCUT2D eigenvalue weighted by atomic mass is 10.2. The van der Waals surface area contributed by atoms with Crippen LogP contribution < -0.4 is 10.0 Å². The second-order valence-corrected chi connectivity index (χ2v) is 8.31. The smallest absolute Gasteiger partial charge is 0.262 e. The standard InChI is InChI=1S/C19H12Cl2F2N2O3S/c20-14-6-1-2-7-18(14)25-29(27,28)12-5-3-4-11(8-12)24-19(26)13-9-16(22)17(23)10-15(13)21/h1-10,25H,(H,24,26). The van der Waals surface area contributed by atoms with Gasteiger partial charge in [0.1, 0.15) is 0 Å². The van der Waals surface area contributed by atoms with Gasteiger partial charge in [-0.1, -0.05) is 41.4 Å². The summed E-state index contributed by atoms with van der Waals surface area (Å²) < 4.78 is 54.1. The number of hydrogen-bond acceptors (Lipinski definition) is 3. The number of sulfonamides is 1. The Kier molecular flexibility index (Phi) is 6.07. The molecular formula is C19H12Cl2F2N2O3S. The van der Waals surface area contributed by atoms with Crippen molar-refractivity contribution in [3.8, 4) is 0 Å². The van der Waals surface area contributed by atoms with Crippen LogP contribution in [0.1, 0.15) is 10.4 Å². The lowest BCUT2D eigenvalue weighted by molar-refractivity contribution is 0.102. The number of rotatable bonds is 5. The molecule has 0 saturated heterocycles. The molecular weight excluding hydrogens is 445 g/mol. The molecule has 2 N–H and O–H groups in total. The van der Waals surface area contributed by atoms with Gasteiger partial charge in [-0.2, -0.15) is 0 Å². The van der Waals surface area contributed by atoms with E-state index in [2.05, 4.69) is 10.0 Å². The molecule has 0 bridgehead atoms. The van der Waals surface area contributed by atoms with Crippen LogP contribution in [0.4, 0.5) is 20.2 Å². The Morgan fingerprint density at radius 3 is 2.28 bits per heavy atom. The summed E-state index contributed by atoms with van der Waals surface area (Å²) in [7, 11) is -4.00. The predicted molar refractivity (Wildman–Crippen MR) is 108 cm³/mol. The monoisotopic (exact) mass is 456 g/mol. The molecule has 150 valence electrons. The minimum Gasteiger partial charge on any atom is -0.322 e. The molecule has 0 fully saturated rings. The molecule has 3 rings (SSSR count). The number of amides is 1. The van der Waals surface area contributed by atoms with Gasteiger partial charge < -0.3 is 5.32 Å². The van der Waals surface area contributed by atoms with Crippen LogP contribution in [0.15, 0.2) is 65.6 Å². The third kappa shape index (κ3) is 4.84. The molecule has 5 nitrogen and oxygen atoms in total. The number of nitrogens with one attached hydrogen (secondary N) is 2. The molecule has 0 radical (unpaired) electrons. The van der Waals surface area contributed by atoms with Gasteiger partial charge >= 0.3 is 0 Å². The Labute approximate surface area is 175 Å². The average molecular weight is 457 g/mol. The zero-order valence-corrected chi connectivity index (χ0v) is 16.7. The molecule has 10 heteroatoms. The average Bonchev–Trinajstić information content (AvgIpc) is 2.66. The first-order chi connectivity index (χ1) is 13.7. The number of benzene rings is 3. The normalized spacial score (nSPS) is 11.2. The Hall–Kier alpha value is -2.68. The van der Waals surface area contributed by atoms with Gasteiger partial charge in [0.2, 0.25) is 0 Å². The van der Waals surface area contributed by atoms with E-state index in [1.54, 1.807) is 12.1 Å². The van der Waals surface area contributed by atoms with Crippen molar-refractivity contribution in [2.75, 3.05) is 10.0 Å².